The van der Waals surface area contributed by atoms with E-state index in [9.17, 15) is 16.8 Å². The molecule has 4 unspecified atom stereocenters. The lowest BCUT2D eigenvalue weighted by atomic mass is 9.94. The van der Waals surface area contributed by atoms with E-state index in [4.69, 9.17) is 18.6 Å². The van der Waals surface area contributed by atoms with Gasteiger partial charge in [-0.15, -0.1) is 0 Å². The Morgan fingerprint density at radius 2 is 1.11 bits per heavy atom. The van der Waals surface area contributed by atoms with E-state index in [2.05, 4.69) is 0 Å². The Kier molecular flexibility index (Phi) is 4.73. The minimum Gasteiger partial charge on any atom is -0.380 e. The highest BCUT2D eigenvalue weighted by molar-refractivity contribution is 7.87. The van der Waals surface area contributed by atoms with Crippen LogP contribution in [-0.4, -0.2) is 62.9 Å². The van der Waals surface area contributed by atoms with Crippen molar-refractivity contribution in [3.05, 3.63) is 0 Å². The van der Waals surface area contributed by atoms with Crippen LogP contribution in [0, 0.1) is 0 Å². The van der Waals surface area contributed by atoms with Gasteiger partial charge in [0.15, 0.2) is 0 Å². The normalized spacial score (nSPS) is 34.4. The summed E-state index contributed by atoms with van der Waals surface area (Å²) in [6.45, 7) is 0. The van der Waals surface area contributed by atoms with Gasteiger partial charge in [0.1, 0.15) is 10.5 Å². The van der Waals surface area contributed by atoms with Crippen LogP contribution in [0.4, 0.5) is 0 Å². The van der Waals surface area contributed by atoms with Crippen molar-refractivity contribution < 1.29 is 35.4 Å². The molecular weight excluding hydrogens is 288 g/mol. The van der Waals surface area contributed by atoms with Gasteiger partial charge < -0.3 is 9.47 Å². The van der Waals surface area contributed by atoms with Crippen LogP contribution in [-0.2, 0) is 29.7 Å². The highest BCUT2D eigenvalue weighted by atomic mass is 32.2. The molecule has 1 aliphatic rings. The first-order valence-corrected chi connectivity index (χ1v) is 8.10. The standard InChI is InChI=1S/C8H16O8S2/c1-15-5-3-8(18(12,13)14)6(16-2)4-7(5)17(9,10)11/h5-8H,3-4H2,1-2H3,(H,9,10,11)(H,12,13,14). The molecule has 1 fully saturated rings. The summed E-state index contributed by atoms with van der Waals surface area (Å²) in [5, 5.41) is -2.55. The Balaban J connectivity index is 3.08. The Labute approximate surface area is 106 Å². The van der Waals surface area contributed by atoms with Crippen molar-refractivity contribution in [2.45, 2.75) is 35.5 Å². The maximum Gasteiger partial charge on any atom is 0.270 e. The van der Waals surface area contributed by atoms with Crippen molar-refractivity contribution in [2.24, 2.45) is 0 Å². The molecule has 0 saturated heterocycles. The molecule has 0 spiro atoms. The summed E-state index contributed by atoms with van der Waals surface area (Å²) in [7, 11) is -6.35. The molecule has 0 radical (unpaired) electrons. The van der Waals surface area contributed by atoms with Gasteiger partial charge in [-0.05, 0) is 12.8 Å². The maximum atomic E-state index is 11.2. The molecule has 4 atom stereocenters. The zero-order valence-corrected chi connectivity index (χ0v) is 11.5. The lowest BCUT2D eigenvalue weighted by molar-refractivity contribution is 0.00687. The van der Waals surface area contributed by atoms with Gasteiger partial charge in [-0.25, -0.2) is 0 Å². The molecule has 0 aromatic heterocycles. The monoisotopic (exact) mass is 304 g/mol. The summed E-state index contributed by atoms with van der Waals surface area (Å²) in [4.78, 5) is 0. The Hall–Kier alpha value is -0.260. The molecule has 1 rings (SSSR count). The van der Waals surface area contributed by atoms with Gasteiger partial charge in [0.05, 0.1) is 12.2 Å². The van der Waals surface area contributed by atoms with Gasteiger partial charge in [0.25, 0.3) is 20.2 Å². The van der Waals surface area contributed by atoms with Gasteiger partial charge in [0.2, 0.25) is 0 Å². The summed E-state index contributed by atoms with van der Waals surface area (Å²) < 4.78 is 72.6. The third kappa shape index (κ3) is 3.39. The van der Waals surface area contributed by atoms with E-state index in [1.165, 1.54) is 14.2 Å². The average Bonchev–Trinajstić information content (AvgIpc) is 2.24. The van der Waals surface area contributed by atoms with E-state index < -0.39 is 42.9 Å². The predicted octanol–water partition coefficient (Wildman–Crippen LogP) is -0.677. The minimum atomic E-state index is -4.38. The second-order valence-corrected chi connectivity index (χ2v) is 7.40. The van der Waals surface area contributed by atoms with E-state index in [0.717, 1.165) is 0 Å². The summed E-state index contributed by atoms with van der Waals surface area (Å²) >= 11 is 0. The number of rotatable bonds is 4. The third-order valence-electron chi connectivity index (χ3n) is 3.13. The molecule has 108 valence electrons. The van der Waals surface area contributed by atoms with Crippen LogP contribution in [0.1, 0.15) is 12.8 Å². The number of ether oxygens (including phenoxy) is 2. The third-order valence-corrected chi connectivity index (χ3v) is 5.65. The van der Waals surface area contributed by atoms with Crippen molar-refractivity contribution in [2.75, 3.05) is 14.2 Å². The number of hydrogen-bond donors (Lipinski definition) is 2. The van der Waals surface area contributed by atoms with Gasteiger partial charge in [-0.2, -0.15) is 16.8 Å². The van der Waals surface area contributed by atoms with Crippen molar-refractivity contribution >= 4 is 20.2 Å². The van der Waals surface area contributed by atoms with Crippen molar-refractivity contribution in [1.29, 1.82) is 0 Å². The van der Waals surface area contributed by atoms with Crippen molar-refractivity contribution in [1.82, 2.24) is 0 Å². The molecule has 0 bridgehead atoms. The SMILES string of the molecule is COC1CC(S(=O)(=O)O)C(OC)CC1S(=O)(=O)O. The first-order valence-electron chi connectivity index (χ1n) is 5.09. The van der Waals surface area contributed by atoms with E-state index in [-0.39, 0.29) is 12.8 Å². The van der Waals surface area contributed by atoms with E-state index >= 15 is 0 Å². The highest BCUT2D eigenvalue weighted by Crippen LogP contribution is 2.31. The molecule has 18 heavy (non-hydrogen) atoms. The molecule has 1 aliphatic carbocycles. The zero-order valence-electron chi connectivity index (χ0n) is 9.88. The van der Waals surface area contributed by atoms with Crippen molar-refractivity contribution in [3.8, 4) is 0 Å². The Bertz CT molecular complexity index is 435. The highest BCUT2D eigenvalue weighted by Gasteiger charge is 2.47. The topological polar surface area (TPSA) is 127 Å². The first kappa shape index (κ1) is 15.8. The van der Waals surface area contributed by atoms with Gasteiger partial charge in [-0.3, -0.25) is 9.11 Å². The predicted molar refractivity (Wildman–Crippen MR) is 61.5 cm³/mol. The van der Waals surface area contributed by atoms with Crippen LogP contribution in [0.3, 0.4) is 0 Å². The fraction of sp³-hybridized carbons (Fsp3) is 1.00. The molecule has 0 heterocycles. The lowest BCUT2D eigenvalue weighted by Gasteiger charge is -2.36. The largest absolute Gasteiger partial charge is 0.380 e. The van der Waals surface area contributed by atoms with E-state index in [1.807, 2.05) is 0 Å². The minimum absolute atomic E-state index is 0.266. The van der Waals surface area contributed by atoms with Gasteiger partial charge in [0, 0.05) is 14.2 Å². The molecule has 0 aromatic rings. The van der Waals surface area contributed by atoms with Crippen LogP contribution in [0.15, 0.2) is 0 Å². The summed E-state index contributed by atoms with van der Waals surface area (Å²) in [5.74, 6) is 0. The van der Waals surface area contributed by atoms with Gasteiger partial charge in [-0.1, -0.05) is 0 Å². The van der Waals surface area contributed by atoms with E-state index in [1.54, 1.807) is 0 Å². The number of hydrogen-bond acceptors (Lipinski definition) is 6. The average molecular weight is 304 g/mol. The summed E-state index contributed by atoms with van der Waals surface area (Å²) in [5.41, 5.74) is 0. The van der Waals surface area contributed by atoms with Crippen LogP contribution in [0.2, 0.25) is 0 Å². The maximum absolute atomic E-state index is 11.2. The second-order valence-electron chi connectivity index (χ2n) is 4.13. The van der Waals surface area contributed by atoms with Crippen LogP contribution < -0.4 is 0 Å². The molecule has 0 aromatic carbocycles. The fourth-order valence-electron chi connectivity index (χ4n) is 2.19. The molecule has 10 heteroatoms. The molecule has 1 saturated carbocycles. The fourth-order valence-corrected chi connectivity index (χ4v) is 4.27. The molecule has 0 aliphatic heterocycles. The number of methoxy groups -OCH3 is 2. The van der Waals surface area contributed by atoms with Crippen LogP contribution >= 0.6 is 0 Å². The smallest absolute Gasteiger partial charge is 0.270 e. The zero-order chi connectivity index (χ0) is 14.1. The molecule has 2 N–H and O–H groups in total. The van der Waals surface area contributed by atoms with E-state index in [0.29, 0.717) is 0 Å². The lowest BCUT2D eigenvalue weighted by Crippen LogP contribution is -2.52. The second kappa shape index (κ2) is 5.39. The summed E-state index contributed by atoms with van der Waals surface area (Å²) in [6, 6.07) is 0. The first-order chi connectivity index (χ1) is 8.11. The Morgan fingerprint density at radius 3 is 1.28 bits per heavy atom. The quantitative estimate of drug-likeness (QED) is 0.654. The van der Waals surface area contributed by atoms with Crippen molar-refractivity contribution in [3.63, 3.8) is 0 Å². The van der Waals surface area contributed by atoms with Gasteiger partial charge >= 0.3 is 0 Å². The molecule has 0 amide bonds. The van der Waals surface area contributed by atoms with Crippen LogP contribution in [0.5, 0.6) is 0 Å². The molecular formula is C8H16O8S2. The Morgan fingerprint density at radius 1 is 0.833 bits per heavy atom. The molecule has 8 nitrogen and oxygen atoms in total. The summed E-state index contributed by atoms with van der Waals surface area (Å²) in [6.07, 6.45) is -2.56. The van der Waals surface area contributed by atoms with Crippen LogP contribution in [0.25, 0.3) is 0 Å².